The fraction of sp³-hybridized carbons (Fsp3) is 0.0714. The van der Waals surface area contributed by atoms with E-state index in [1.165, 1.54) is 6.07 Å². The molecule has 19 heavy (non-hydrogen) atoms. The molecule has 0 aliphatic carbocycles. The molecule has 0 N–H and O–H groups in total. The Kier molecular flexibility index (Phi) is 3.74. The van der Waals surface area contributed by atoms with Gasteiger partial charge >= 0.3 is 5.69 Å². The molecule has 0 spiro atoms. The summed E-state index contributed by atoms with van der Waals surface area (Å²) in [6.07, 6.45) is 0. The Balaban J connectivity index is 2.43. The minimum absolute atomic E-state index is 0.361. The quantitative estimate of drug-likeness (QED) is 0.781. The lowest BCUT2D eigenvalue weighted by molar-refractivity contribution is -0.307. The SMILES string of the molecule is N#[N+]c1ccc(OCC(=O)[O-])c(-c2ccccc2)c1. The van der Waals surface area contributed by atoms with E-state index in [2.05, 4.69) is 4.98 Å². The second-order valence-electron chi connectivity index (χ2n) is 3.81. The summed E-state index contributed by atoms with van der Waals surface area (Å²) in [4.78, 5) is 13.6. The van der Waals surface area contributed by atoms with Gasteiger partial charge in [-0.1, -0.05) is 30.3 Å². The summed E-state index contributed by atoms with van der Waals surface area (Å²) in [5, 5.41) is 19.2. The number of carboxylic acid groups (broad SMARTS) is 1. The number of carbonyl (C=O) groups is 1. The van der Waals surface area contributed by atoms with Gasteiger partial charge in [0.15, 0.2) is 4.98 Å². The van der Waals surface area contributed by atoms with Gasteiger partial charge in [-0.05, 0) is 11.6 Å². The Hall–Kier alpha value is -2.87. The molecule has 0 saturated carbocycles. The first-order valence-electron chi connectivity index (χ1n) is 5.58. The van der Waals surface area contributed by atoms with Crippen molar-refractivity contribution in [3.05, 3.63) is 53.5 Å². The predicted molar refractivity (Wildman–Crippen MR) is 67.1 cm³/mol. The van der Waals surface area contributed by atoms with E-state index in [1.807, 2.05) is 30.3 Å². The van der Waals surface area contributed by atoms with Gasteiger partial charge in [-0.15, -0.1) is 0 Å². The van der Waals surface area contributed by atoms with Crippen LogP contribution in [0.25, 0.3) is 16.1 Å². The molecule has 2 rings (SSSR count). The molecule has 5 nitrogen and oxygen atoms in total. The first-order valence-corrected chi connectivity index (χ1v) is 5.58. The molecule has 0 aliphatic heterocycles. The summed E-state index contributed by atoms with van der Waals surface area (Å²) in [5.74, 6) is -0.905. The molecule has 0 unspecified atom stereocenters. The molecule has 5 heteroatoms. The van der Waals surface area contributed by atoms with Gasteiger partial charge in [-0.3, -0.25) is 0 Å². The molecular weight excluding hydrogens is 244 g/mol. The van der Waals surface area contributed by atoms with Crippen LogP contribution in [-0.2, 0) is 4.79 Å². The molecule has 2 aromatic rings. The zero-order valence-corrected chi connectivity index (χ0v) is 9.95. The minimum Gasteiger partial charge on any atom is -0.546 e. The van der Waals surface area contributed by atoms with E-state index >= 15 is 0 Å². The first-order chi connectivity index (χ1) is 9.20. The summed E-state index contributed by atoms with van der Waals surface area (Å²) in [6, 6.07) is 14.0. The summed E-state index contributed by atoms with van der Waals surface area (Å²) in [6.45, 7) is -0.532. The largest absolute Gasteiger partial charge is 0.546 e. The molecule has 2 aromatic carbocycles. The summed E-state index contributed by atoms with van der Waals surface area (Å²) in [5.41, 5.74) is 1.85. The predicted octanol–water partition coefficient (Wildman–Crippen LogP) is 1.97. The van der Waals surface area contributed by atoms with E-state index in [0.717, 1.165) is 5.56 Å². The molecule has 94 valence electrons. The summed E-state index contributed by atoms with van der Waals surface area (Å²) < 4.78 is 5.17. The van der Waals surface area contributed by atoms with Gasteiger partial charge in [0.2, 0.25) is 5.39 Å². The lowest BCUT2D eigenvalue weighted by Crippen LogP contribution is -2.29. The number of carbonyl (C=O) groups excluding carboxylic acids is 1. The van der Waals surface area contributed by atoms with E-state index in [4.69, 9.17) is 10.1 Å². The number of diazo groups is 1. The number of carboxylic acids is 1. The molecule has 0 saturated heterocycles. The van der Waals surface area contributed by atoms with Crippen LogP contribution in [0.2, 0.25) is 0 Å². The Morgan fingerprint density at radius 2 is 1.95 bits per heavy atom. The third-order valence-corrected chi connectivity index (χ3v) is 2.51. The smallest absolute Gasteiger partial charge is 0.385 e. The van der Waals surface area contributed by atoms with Crippen LogP contribution in [0.3, 0.4) is 0 Å². The maximum atomic E-state index is 10.4. The highest BCUT2D eigenvalue weighted by Gasteiger charge is 2.13. The van der Waals surface area contributed by atoms with Crippen LogP contribution >= 0.6 is 0 Å². The Morgan fingerprint density at radius 1 is 1.21 bits per heavy atom. The van der Waals surface area contributed by atoms with Crippen LogP contribution in [0.4, 0.5) is 5.69 Å². The lowest BCUT2D eigenvalue weighted by atomic mass is 10.0. The number of hydrogen-bond donors (Lipinski definition) is 0. The van der Waals surface area contributed by atoms with Crippen molar-refractivity contribution < 1.29 is 14.6 Å². The van der Waals surface area contributed by atoms with Crippen molar-refractivity contribution in [3.8, 4) is 16.9 Å². The number of nitrogens with zero attached hydrogens (tertiary/aromatic N) is 2. The highest BCUT2D eigenvalue weighted by molar-refractivity contribution is 5.75. The lowest BCUT2D eigenvalue weighted by Gasteiger charge is -2.11. The molecule has 0 aliphatic rings. The van der Waals surface area contributed by atoms with Gasteiger partial charge in [0.1, 0.15) is 12.4 Å². The van der Waals surface area contributed by atoms with Crippen molar-refractivity contribution in [2.45, 2.75) is 0 Å². The Morgan fingerprint density at radius 3 is 2.58 bits per heavy atom. The van der Waals surface area contributed by atoms with Crippen molar-refractivity contribution in [1.82, 2.24) is 0 Å². The molecule has 0 fully saturated rings. The number of aliphatic carboxylic acids is 1. The Bertz CT molecular complexity index is 633. The van der Waals surface area contributed by atoms with E-state index in [1.54, 1.807) is 12.1 Å². The highest BCUT2D eigenvalue weighted by atomic mass is 16.5. The van der Waals surface area contributed by atoms with Crippen LogP contribution in [0.15, 0.2) is 48.5 Å². The van der Waals surface area contributed by atoms with Crippen molar-refractivity contribution in [2.75, 3.05) is 6.61 Å². The van der Waals surface area contributed by atoms with Crippen molar-refractivity contribution in [2.24, 2.45) is 0 Å². The fourth-order valence-electron chi connectivity index (χ4n) is 1.69. The maximum absolute atomic E-state index is 10.4. The number of ether oxygens (including phenoxy) is 1. The van der Waals surface area contributed by atoms with E-state index in [0.29, 0.717) is 17.0 Å². The molecule has 0 amide bonds. The minimum atomic E-state index is -1.30. The monoisotopic (exact) mass is 254 g/mol. The zero-order chi connectivity index (χ0) is 13.7. The second kappa shape index (κ2) is 5.65. The van der Waals surface area contributed by atoms with Crippen LogP contribution in [0, 0.1) is 5.39 Å². The number of benzene rings is 2. The van der Waals surface area contributed by atoms with Crippen LogP contribution in [0.5, 0.6) is 5.75 Å². The number of rotatable bonds is 4. The highest BCUT2D eigenvalue weighted by Crippen LogP contribution is 2.33. The van der Waals surface area contributed by atoms with E-state index in [-0.39, 0.29) is 0 Å². The number of hydrogen-bond acceptors (Lipinski definition) is 4. The van der Waals surface area contributed by atoms with Crippen LogP contribution < -0.4 is 9.84 Å². The summed E-state index contributed by atoms with van der Waals surface area (Å²) in [7, 11) is 0. The maximum Gasteiger partial charge on any atom is 0.385 e. The van der Waals surface area contributed by atoms with Gasteiger partial charge in [-0.2, -0.15) is 0 Å². The molecular formula is C14H10N2O3. The molecule has 0 heterocycles. The van der Waals surface area contributed by atoms with Crippen molar-refractivity contribution in [3.63, 3.8) is 0 Å². The normalized spacial score (nSPS) is 9.63. The molecule has 0 atom stereocenters. The summed E-state index contributed by atoms with van der Waals surface area (Å²) >= 11 is 0. The zero-order valence-electron chi connectivity index (χ0n) is 9.95. The van der Waals surface area contributed by atoms with Gasteiger partial charge in [-0.25, -0.2) is 0 Å². The Labute approximate surface area is 109 Å². The molecule has 0 bridgehead atoms. The van der Waals surface area contributed by atoms with Gasteiger partial charge in [0.05, 0.1) is 5.97 Å². The molecule has 0 radical (unpaired) electrons. The third kappa shape index (κ3) is 3.07. The van der Waals surface area contributed by atoms with Crippen molar-refractivity contribution >= 4 is 11.7 Å². The van der Waals surface area contributed by atoms with Gasteiger partial charge < -0.3 is 14.6 Å². The van der Waals surface area contributed by atoms with E-state index < -0.39 is 12.6 Å². The average molecular weight is 254 g/mol. The fourth-order valence-corrected chi connectivity index (χ4v) is 1.69. The third-order valence-electron chi connectivity index (χ3n) is 2.51. The second-order valence-corrected chi connectivity index (χ2v) is 3.81. The first kappa shape index (κ1) is 12.6. The van der Waals surface area contributed by atoms with Crippen LogP contribution in [0.1, 0.15) is 0 Å². The van der Waals surface area contributed by atoms with Gasteiger partial charge in [0.25, 0.3) is 0 Å². The standard InChI is InChI=1S/C14H10N2O3/c15-16-11-6-7-13(19-9-14(17)18)12(8-11)10-4-2-1-3-5-10/h1-8H,9H2. The van der Waals surface area contributed by atoms with E-state index in [9.17, 15) is 9.90 Å². The van der Waals surface area contributed by atoms with Gasteiger partial charge in [0, 0.05) is 17.7 Å². The topological polar surface area (TPSA) is 77.5 Å². The van der Waals surface area contributed by atoms with Crippen molar-refractivity contribution in [1.29, 1.82) is 5.39 Å². The average Bonchev–Trinajstić information content (AvgIpc) is 2.46. The van der Waals surface area contributed by atoms with Crippen LogP contribution in [-0.4, -0.2) is 12.6 Å². The molecule has 0 aromatic heterocycles.